The average Bonchev–Trinajstić information content (AvgIpc) is 2.64. The Labute approximate surface area is 85.1 Å². The first kappa shape index (κ1) is 10.9. The minimum absolute atomic E-state index is 0.0515. The highest BCUT2D eigenvalue weighted by molar-refractivity contribution is 7.99. The summed E-state index contributed by atoms with van der Waals surface area (Å²) >= 11 is 1.97. The predicted molar refractivity (Wildman–Crippen MR) is 57.8 cm³/mol. The molecule has 0 aromatic rings. The third-order valence-electron chi connectivity index (χ3n) is 2.41. The summed E-state index contributed by atoms with van der Waals surface area (Å²) in [5.41, 5.74) is 0. The van der Waals surface area contributed by atoms with E-state index in [0.29, 0.717) is 0 Å². The first-order valence-electron chi connectivity index (χ1n) is 5.11. The van der Waals surface area contributed by atoms with Gasteiger partial charge in [-0.05, 0) is 19.4 Å². The molecule has 1 unspecified atom stereocenters. The first-order chi connectivity index (χ1) is 6.36. The Morgan fingerprint density at radius 2 is 2.23 bits per heavy atom. The Balaban J connectivity index is 2.12. The van der Waals surface area contributed by atoms with Crippen molar-refractivity contribution in [2.75, 3.05) is 12.3 Å². The SMILES string of the molecule is CCNC(C#N)CSC1CCCC1. The van der Waals surface area contributed by atoms with E-state index in [1.807, 2.05) is 18.7 Å². The first-order valence-corrected chi connectivity index (χ1v) is 6.16. The van der Waals surface area contributed by atoms with E-state index in [1.54, 1.807) is 0 Å². The van der Waals surface area contributed by atoms with Gasteiger partial charge in [0.2, 0.25) is 0 Å². The molecule has 1 atom stereocenters. The van der Waals surface area contributed by atoms with Crippen LogP contribution in [0.15, 0.2) is 0 Å². The lowest BCUT2D eigenvalue weighted by atomic mass is 10.4. The van der Waals surface area contributed by atoms with Crippen molar-refractivity contribution >= 4 is 11.8 Å². The van der Waals surface area contributed by atoms with Gasteiger partial charge in [-0.3, -0.25) is 0 Å². The molecular weight excluding hydrogens is 180 g/mol. The Bertz CT molecular complexity index is 170. The maximum atomic E-state index is 8.81. The zero-order valence-corrected chi connectivity index (χ0v) is 9.07. The zero-order chi connectivity index (χ0) is 9.52. The van der Waals surface area contributed by atoms with Crippen molar-refractivity contribution in [1.29, 1.82) is 5.26 Å². The molecule has 1 aliphatic carbocycles. The summed E-state index contributed by atoms with van der Waals surface area (Å²) in [6.45, 7) is 2.94. The van der Waals surface area contributed by atoms with Gasteiger partial charge in [0.05, 0.1) is 6.07 Å². The quantitative estimate of drug-likeness (QED) is 0.735. The van der Waals surface area contributed by atoms with Crippen molar-refractivity contribution in [2.24, 2.45) is 0 Å². The molecule has 0 saturated heterocycles. The van der Waals surface area contributed by atoms with Gasteiger partial charge in [0.15, 0.2) is 0 Å². The fraction of sp³-hybridized carbons (Fsp3) is 0.900. The Kier molecular flexibility index (Phi) is 5.26. The third-order valence-corrected chi connectivity index (χ3v) is 3.88. The molecule has 0 spiro atoms. The minimum Gasteiger partial charge on any atom is -0.302 e. The van der Waals surface area contributed by atoms with Gasteiger partial charge >= 0.3 is 0 Å². The Morgan fingerprint density at radius 3 is 2.77 bits per heavy atom. The molecule has 0 radical (unpaired) electrons. The minimum atomic E-state index is 0.0515. The van der Waals surface area contributed by atoms with E-state index in [4.69, 9.17) is 5.26 Å². The van der Waals surface area contributed by atoms with Gasteiger partial charge in [-0.25, -0.2) is 0 Å². The molecule has 1 N–H and O–H groups in total. The summed E-state index contributed by atoms with van der Waals surface area (Å²) in [7, 11) is 0. The zero-order valence-electron chi connectivity index (χ0n) is 8.25. The highest BCUT2D eigenvalue weighted by atomic mass is 32.2. The third kappa shape index (κ3) is 4.02. The fourth-order valence-corrected chi connectivity index (χ4v) is 3.00. The number of hydrogen-bond acceptors (Lipinski definition) is 3. The molecule has 0 amide bonds. The van der Waals surface area contributed by atoms with Crippen LogP contribution in [-0.4, -0.2) is 23.6 Å². The van der Waals surface area contributed by atoms with Crippen LogP contribution in [0.25, 0.3) is 0 Å². The normalized spacial score (nSPS) is 20.0. The number of nitriles is 1. The van der Waals surface area contributed by atoms with Crippen LogP contribution in [0.5, 0.6) is 0 Å². The summed E-state index contributed by atoms with van der Waals surface area (Å²) in [5, 5.41) is 12.8. The molecule has 13 heavy (non-hydrogen) atoms. The van der Waals surface area contributed by atoms with Gasteiger partial charge in [0.25, 0.3) is 0 Å². The number of rotatable bonds is 5. The van der Waals surface area contributed by atoms with Gasteiger partial charge < -0.3 is 5.32 Å². The van der Waals surface area contributed by atoms with E-state index >= 15 is 0 Å². The molecule has 0 aromatic heterocycles. The number of nitrogens with zero attached hydrogens (tertiary/aromatic N) is 1. The van der Waals surface area contributed by atoms with Crippen LogP contribution in [0.1, 0.15) is 32.6 Å². The van der Waals surface area contributed by atoms with Crippen molar-refractivity contribution in [2.45, 2.75) is 43.9 Å². The molecule has 1 rings (SSSR count). The molecule has 0 aromatic carbocycles. The molecule has 0 bridgehead atoms. The van der Waals surface area contributed by atoms with Crippen molar-refractivity contribution in [1.82, 2.24) is 5.32 Å². The summed E-state index contributed by atoms with van der Waals surface area (Å²) in [6, 6.07) is 2.35. The van der Waals surface area contributed by atoms with E-state index < -0.39 is 0 Å². The van der Waals surface area contributed by atoms with Crippen molar-refractivity contribution in [3.8, 4) is 6.07 Å². The number of hydrogen-bond donors (Lipinski definition) is 1. The van der Waals surface area contributed by atoms with Gasteiger partial charge in [-0.1, -0.05) is 19.8 Å². The monoisotopic (exact) mass is 198 g/mol. The fourth-order valence-electron chi connectivity index (χ4n) is 1.68. The van der Waals surface area contributed by atoms with Crippen LogP contribution in [-0.2, 0) is 0 Å². The highest BCUT2D eigenvalue weighted by Gasteiger charge is 2.16. The van der Waals surface area contributed by atoms with E-state index in [-0.39, 0.29) is 6.04 Å². The van der Waals surface area contributed by atoms with Crippen molar-refractivity contribution < 1.29 is 0 Å². The van der Waals surface area contributed by atoms with Crippen LogP contribution < -0.4 is 5.32 Å². The van der Waals surface area contributed by atoms with Crippen LogP contribution >= 0.6 is 11.8 Å². The van der Waals surface area contributed by atoms with Crippen LogP contribution in [0.2, 0.25) is 0 Å². The molecule has 0 aliphatic heterocycles. The van der Waals surface area contributed by atoms with Crippen molar-refractivity contribution in [3.63, 3.8) is 0 Å². The average molecular weight is 198 g/mol. The largest absolute Gasteiger partial charge is 0.302 e. The van der Waals surface area contributed by atoms with Crippen LogP contribution in [0.3, 0.4) is 0 Å². The van der Waals surface area contributed by atoms with Crippen LogP contribution in [0, 0.1) is 11.3 Å². The molecule has 3 heteroatoms. The Hall–Kier alpha value is -0.200. The van der Waals surface area contributed by atoms with Gasteiger partial charge in [-0.2, -0.15) is 17.0 Å². The summed E-state index contributed by atoms with van der Waals surface area (Å²) in [6.07, 6.45) is 5.48. The molecule has 2 nitrogen and oxygen atoms in total. The molecule has 1 aliphatic rings. The summed E-state index contributed by atoms with van der Waals surface area (Å²) in [4.78, 5) is 0. The van der Waals surface area contributed by atoms with Gasteiger partial charge in [0, 0.05) is 11.0 Å². The standard InChI is InChI=1S/C10H18N2S/c1-2-12-9(7-11)8-13-10-5-3-4-6-10/h9-10,12H,2-6,8H2,1H3. The van der Waals surface area contributed by atoms with Crippen molar-refractivity contribution in [3.05, 3.63) is 0 Å². The number of thioether (sulfide) groups is 1. The molecule has 1 saturated carbocycles. The van der Waals surface area contributed by atoms with E-state index in [0.717, 1.165) is 17.5 Å². The Morgan fingerprint density at radius 1 is 1.54 bits per heavy atom. The predicted octanol–water partition coefficient (Wildman–Crippen LogP) is 2.16. The summed E-state index contributed by atoms with van der Waals surface area (Å²) in [5.74, 6) is 0.953. The van der Waals surface area contributed by atoms with E-state index in [9.17, 15) is 0 Å². The second kappa shape index (κ2) is 6.28. The lowest BCUT2D eigenvalue weighted by Gasteiger charge is -2.12. The second-order valence-electron chi connectivity index (χ2n) is 3.48. The van der Waals surface area contributed by atoms with Gasteiger partial charge in [0.1, 0.15) is 6.04 Å². The van der Waals surface area contributed by atoms with Gasteiger partial charge in [-0.15, -0.1) is 0 Å². The lowest BCUT2D eigenvalue weighted by Crippen LogP contribution is -2.30. The smallest absolute Gasteiger partial charge is 0.104 e. The lowest BCUT2D eigenvalue weighted by molar-refractivity contribution is 0.676. The topological polar surface area (TPSA) is 35.8 Å². The highest BCUT2D eigenvalue weighted by Crippen LogP contribution is 2.29. The maximum Gasteiger partial charge on any atom is 0.104 e. The van der Waals surface area contributed by atoms with E-state index in [2.05, 4.69) is 11.4 Å². The molecule has 74 valence electrons. The van der Waals surface area contributed by atoms with E-state index in [1.165, 1.54) is 25.7 Å². The summed E-state index contributed by atoms with van der Waals surface area (Å²) < 4.78 is 0. The molecular formula is C10H18N2S. The molecule has 0 heterocycles. The number of nitrogens with one attached hydrogen (secondary N) is 1. The second-order valence-corrected chi connectivity index (χ2v) is 4.81. The van der Waals surface area contributed by atoms with Crippen LogP contribution in [0.4, 0.5) is 0 Å². The molecule has 1 fully saturated rings. The maximum absolute atomic E-state index is 8.81.